The van der Waals surface area contributed by atoms with Gasteiger partial charge in [0.1, 0.15) is 0 Å². The molecule has 1 atom stereocenters. The van der Waals surface area contributed by atoms with Gasteiger partial charge in [-0.15, -0.1) is 0 Å². The summed E-state index contributed by atoms with van der Waals surface area (Å²) in [6, 6.07) is 3.74. The van der Waals surface area contributed by atoms with E-state index in [1.165, 1.54) is 12.1 Å². The van der Waals surface area contributed by atoms with Crippen LogP contribution in [0.25, 0.3) is 0 Å². The molecule has 0 fully saturated rings. The van der Waals surface area contributed by atoms with Crippen molar-refractivity contribution >= 4 is 17.6 Å². The Labute approximate surface area is 120 Å². The largest absolute Gasteiger partial charge is 0.479 e. The van der Waals surface area contributed by atoms with Crippen molar-refractivity contribution in [2.75, 3.05) is 6.61 Å². The van der Waals surface area contributed by atoms with E-state index in [1.54, 1.807) is 6.92 Å². The van der Waals surface area contributed by atoms with Gasteiger partial charge in [0, 0.05) is 12.5 Å². The van der Waals surface area contributed by atoms with E-state index in [2.05, 4.69) is 0 Å². The number of hydrogen-bond acceptors (Lipinski definition) is 6. The third-order valence-electron chi connectivity index (χ3n) is 2.74. The van der Waals surface area contributed by atoms with Crippen LogP contribution in [-0.4, -0.2) is 33.7 Å². The second-order valence-corrected chi connectivity index (χ2v) is 4.20. The van der Waals surface area contributed by atoms with Gasteiger partial charge in [0.05, 0.1) is 17.1 Å². The highest BCUT2D eigenvalue weighted by molar-refractivity contribution is 5.76. The van der Waals surface area contributed by atoms with Crippen LogP contribution in [0.4, 0.5) is 5.69 Å². The molecule has 0 aromatic heterocycles. The molecule has 1 aromatic rings. The number of nitro benzene ring substituents is 1. The molecule has 1 unspecified atom stereocenters. The van der Waals surface area contributed by atoms with E-state index in [-0.39, 0.29) is 25.0 Å². The number of aliphatic hydroxyl groups excluding tert-OH is 1. The third-order valence-corrected chi connectivity index (χ3v) is 2.74. The number of carbonyl (C=O) groups excluding carboxylic acids is 1. The number of carboxylic acids is 1. The van der Waals surface area contributed by atoms with Gasteiger partial charge < -0.3 is 14.9 Å². The van der Waals surface area contributed by atoms with E-state index in [0.29, 0.717) is 5.56 Å². The van der Waals surface area contributed by atoms with Crippen LogP contribution in [-0.2, 0) is 20.7 Å². The molecule has 0 aliphatic heterocycles. The Morgan fingerprint density at radius 1 is 1.43 bits per heavy atom. The second-order valence-electron chi connectivity index (χ2n) is 4.20. The number of benzene rings is 1. The number of nitrogens with zero attached hydrogens (tertiary/aromatic N) is 1. The topological polar surface area (TPSA) is 127 Å². The van der Waals surface area contributed by atoms with Gasteiger partial charge in [-0.1, -0.05) is 6.07 Å². The van der Waals surface area contributed by atoms with Gasteiger partial charge in [0.2, 0.25) is 0 Å². The zero-order chi connectivity index (χ0) is 16.0. The van der Waals surface area contributed by atoms with Crippen molar-refractivity contribution in [2.24, 2.45) is 0 Å². The monoisotopic (exact) mass is 297 g/mol. The van der Waals surface area contributed by atoms with E-state index in [0.717, 1.165) is 6.07 Å². The number of nitro groups is 1. The van der Waals surface area contributed by atoms with E-state index >= 15 is 0 Å². The molecule has 21 heavy (non-hydrogen) atoms. The van der Waals surface area contributed by atoms with Crippen LogP contribution in [0.15, 0.2) is 18.2 Å². The maximum Gasteiger partial charge on any atom is 0.337 e. The number of aliphatic hydroxyl groups is 1. The van der Waals surface area contributed by atoms with E-state index in [4.69, 9.17) is 9.84 Å². The summed E-state index contributed by atoms with van der Waals surface area (Å²) in [6.07, 6.45) is -1.70. The average molecular weight is 297 g/mol. The van der Waals surface area contributed by atoms with Gasteiger partial charge in [-0.2, -0.15) is 0 Å². The van der Waals surface area contributed by atoms with Gasteiger partial charge in [0.25, 0.3) is 5.69 Å². The molecular weight excluding hydrogens is 282 g/mol. The van der Waals surface area contributed by atoms with Gasteiger partial charge >= 0.3 is 11.9 Å². The molecule has 0 bridgehead atoms. The number of carbonyl (C=O) groups is 2. The first-order chi connectivity index (χ1) is 9.86. The number of rotatable bonds is 7. The Balaban J connectivity index is 2.99. The lowest BCUT2D eigenvalue weighted by Crippen LogP contribution is -2.13. The van der Waals surface area contributed by atoms with Crippen LogP contribution in [0.3, 0.4) is 0 Å². The molecule has 0 saturated heterocycles. The summed E-state index contributed by atoms with van der Waals surface area (Å²) in [5, 5.41) is 29.1. The Kier molecular flexibility index (Phi) is 5.79. The summed E-state index contributed by atoms with van der Waals surface area (Å²) in [5.41, 5.74) is -0.289. The Morgan fingerprint density at radius 3 is 2.62 bits per heavy atom. The Bertz CT molecular complexity index is 555. The lowest BCUT2D eigenvalue weighted by Gasteiger charge is -2.09. The number of aliphatic carboxylic acids is 1. The Hall–Kier alpha value is -2.48. The lowest BCUT2D eigenvalue weighted by atomic mass is 10.0. The fraction of sp³-hybridized carbons (Fsp3) is 0.385. The molecule has 0 aliphatic carbocycles. The highest BCUT2D eigenvalue weighted by Crippen LogP contribution is 2.27. The standard InChI is InChI=1S/C13H15NO7/c1-2-21-11(15)6-4-8-3-5-10(14(19)20)9(7-8)12(16)13(17)18/h3,5,7,12,16H,2,4,6H2,1H3,(H,17,18). The Morgan fingerprint density at radius 2 is 2.10 bits per heavy atom. The van der Waals surface area contributed by atoms with Gasteiger partial charge in [-0.25, -0.2) is 4.79 Å². The summed E-state index contributed by atoms with van der Waals surface area (Å²) in [4.78, 5) is 32.1. The molecular formula is C13H15NO7. The van der Waals surface area contributed by atoms with E-state index in [1.807, 2.05) is 0 Å². The zero-order valence-electron chi connectivity index (χ0n) is 11.3. The molecule has 0 spiro atoms. The quantitative estimate of drug-likeness (QED) is 0.440. The fourth-order valence-corrected chi connectivity index (χ4v) is 1.76. The van der Waals surface area contributed by atoms with E-state index in [9.17, 15) is 24.8 Å². The molecule has 8 nitrogen and oxygen atoms in total. The molecule has 0 aliphatic rings. The van der Waals surface area contributed by atoms with Crippen LogP contribution >= 0.6 is 0 Å². The highest BCUT2D eigenvalue weighted by atomic mass is 16.6. The first-order valence-electron chi connectivity index (χ1n) is 6.20. The predicted octanol–water partition coefficient (Wildman–Crippen LogP) is 1.21. The molecule has 0 amide bonds. The van der Waals surface area contributed by atoms with Gasteiger partial charge in [-0.05, 0) is 25.0 Å². The minimum Gasteiger partial charge on any atom is -0.479 e. The summed E-state index contributed by atoms with van der Waals surface area (Å²) in [5.74, 6) is -2.00. The number of carboxylic acid groups (broad SMARTS) is 1. The molecule has 1 rings (SSSR count). The fourth-order valence-electron chi connectivity index (χ4n) is 1.76. The first kappa shape index (κ1) is 16.6. The van der Waals surface area contributed by atoms with Crippen molar-refractivity contribution in [2.45, 2.75) is 25.9 Å². The number of esters is 1. The first-order valence-corrected chi connectivity index (χ1v) is 6.20. The summed E-state index contributed by atoms with van der Waals surface area (Å²) in [7, 11) is 0. The van der Waals surface area contributed by atoms with Crippen molar-refractivity contribution in [1.82, 2.24) is 0 Å². The molecule has 114 valence electrons. The zero-order valence-corrected chi connectivity index (χ0v) is 11.3. The second kappa shape index (κ2) is 7.34. The van der Waals surface area contributed by atoms with Crippen LogP contribution in [0.1, 0.15) is 30.6 Å². The van der Waals surface area contributed by atoms with E-state index < -0.39 is 28.7 Å². The van der Waals surface area contributed by atoms with Crippen LogP contribution in [0.5, 0.6) is 0 Å². The molecule has 0 saturated carbocycles. The molecule has 8 heteroatoms. The van der Waals surface area contributed by atoms with Crippen molar-refractivity contribution < 1.29 is 29.5 Å². The van der Waals surface area contributed by atoms with Crippen molar-refractivity contribution in [1.29, 1.82) is 0 Å². The normalized spacial score (nSPS) is 11.7. The molecule has 0 radical (unpaired) electrons. The van der Waals surface area contributed by atoms with Crippen molar-refractivity contribution in [3.63, 3.8) is 0 Å². The molecule has 2 N–H and O–H groups in total. The molecule has 0 heterocycles. The minimum atomic E-state index is -1.99. The van der Waals surface area contributed by atoms with Crippen LogP contribution in [0, 0.1) is 10.1 Å². The maximum atomic E-state index is 11.2. The van der Waals surface area contributed by atoms with Crippen LogP contribution in [0.2, 0.25) is 0 Å². The van der Waals surface area contributed by atoms with Crippen molar-refractivity contribution in [3.05, 3.63) is 39.4 Å². The predicted molar refractivity (Wildman–Crippen MR) is 70.6 cm³/mol. The summed E-state index contributed by atoms with van der Waals surface area (Å²) in [6.45, 7) is 1.92. The highest BCUT2D eigenvalue weighted by Gasteiger charge is 2.26. The number of aryl methyl sites for hydroxylation is 1. The smallest absolute Gasteiger partial charge is 0.337 e. The third kappa shape index (κ3) is 4.53. The molecule has 1 aromatic carbocycles. The maximum absolute atomic E-state index is 11.2. The van der Waals surface area contributed by atoms with Crippen molar-refractivity contribution in [3.8, 4) is 0 Å². The van der Waals surface area contributed by atoms with Gasteiger partial charge in [0.15, 0.2) is 6.10 Å². The number of hydrogen-bond donors (Lipinski definition) is 2. The summed E-state index contributed by atoms with van der Waals surface area (Å²) < 4.78 is 4.75. The van der Waals surface area contributed by atoms with Gasteiger partial charge in [-0.3, -0.25) is 14.9 Å². The van der Waals surface area contributed by atoms with Crippen LogP contribution < -0.4 is 0 Å². The average Bonchev–Trinajstić information content (AvgIpc) is 2.44. The SMILES string of the molecule is CCOC(=O)CCc1ccc([N+](=O)[O-])c(C(O)C(=O)O)c1. The lowest BCUT2D eigenvalue weighted by molar-refractivity contribution is -0.386. The number of ether oxygens (including phenoxy) is 1. The minimum absolute atomic E-state index is 0.0637. The summed E-state index contributed by atoms with van der Waals surface area (Å²) >= 11 is 0.